The summed E-state index contributed by atoms with van der Waals surface area (Å²) in [6, 6.07) is 9.23. The Hall–Kier alpha value is -1.68. The van der Waals surface area contributed by atoms with Crippen LogP contribution in [0.15, 0.2) is 30.6 Å². The van der Waals surface area contributed by atoms with Crippen LogP contribution in [0, 0.1) is 5.92 Å². The molecule has 0 spiro atoms. The molecule has 1 heterocycles. The van der Waals surface area contributed by atoms with Gasteiger partial charge in [-0.05, 0) is 37.3 Å². The SMILES string of the molecule is CCn1cnnc1CNC(C)c1ccc(CC(C)C)cc1. The van der Waals surface area contributed by atoms with Gasteiger partial charge in [-0.2, -0.15) is 0 Å². The monoisotopic (exact) mass is 286 g/mol. The van der Waals surface area contributed by atoms with Gasteiger partial charge in [0.25, 0.3) is 0 Å². The lowest BCUT2D eigenvalue weighted by Gasteiger charge is -2.15. The van der Waals surface area contributed by atoms with E-state index in [0.29, 0.717) is 12.0 Å². The molecule has 0 aliphatic heterocycles. The van der Waals surface area contributed by atoms with Crippen molar-refractivity contribution in [3.63, 3.8) is 0 Å². The van der Waals surface area contributed by atoms with Gasteiger partial charge >= 0.3 is 0 Å². The Labute approximate surface area is 127 Å². The first-order chi connectivity index (χ1) is 10.1. The van der Waals surface area contributed by atoms with Crippen LogP contribution in [-0.4, -0.2) is 14.8 Å². The zero-order valence-corrected chi connectivity index (χ0v) is 13.5. The zero-order valence-electron chi connectivity index (χ0n) is 13.5. The molecule has 1 aromatic heterocycles. The van der Waals surface area contributed by atoms with Crippen molar-refractivity contribution < 1.29 is 0 Å². The molecule has 1 unspecified atom stereocenters. The van der Waals surface area contributed by atoms with Crippen LogP contribution in [0.4, 0.5) is 0 Å². The zero-order chi connectivity index (χ0) is 15.2. The number of benzene rings is 1. The minimum atomic E-state index is 0.306. The van der Waals surface area contributed by atoms with Crippen LogP contribution in [-0.2, 0) is 19.5 Å². The second-order valence-electron chi connectivity index (χ2n) is 5.98. The van der Waals surface area contributed by atoms with E-state index in [2.05, 4.69) is 72.0 Å². The maximum atomic E-state index is 4.15. The molecular weight excluding hydrogens is 260 g/mol. The van der Waals surface area contributed by atoms with Crippen molar-refractivity contribution >= 4 is 0 Å². The highest BCUT2D eigenvalue weighted by molar-refractivity contribution is 5.25. The van der Waals surface area contributed by atoms with E-state index in [1.165, 1.54) is 11.1 Å². The quantitative estimate of drug-likeness (QED) is 0.849. The van der Waals surface area contributed by atoms with Crippen LogP contribution in [0.25, 0.3) is 0 Å². The number of hydrogen-bond donors (Lipinski definition) is 1. The number of hydrogen-bond acceptors (Lipinski definition) is 3. The molecule has 1 atom stereocenters. The Morgan fingerprint density at radius 2 is 1.86 bits per heavy atom. The number of nitrogens with zero attached hydrogens (tertiary/aromatic N) is 3. The van der Waals surface area contributed by atoms with Gasteiger partial charge in [0, 0.05) is 12.6 Å². The molecule has 0 radical (unpaired) electrons. The van der Waals surface area contributed by atoms with Gasteiger partial charge in [-0.25, -0.2) is 0 Å². The maximum Gasteiger partial charge on any atom is 0.146 e. The standard InChI is InChI=1S/C17H26N4/c1-5-21-12-19-20-17(21)11-18-14(4)16-8-6-15(7-9-16)10-13(2)3/h6-9,12-14,18H,5,10-11H2,1-4H3. The average molecular weight is 286 g/mol. The predicted molar refractivity (Wildman–Crippen MR) is 85.9 cm³/mol. The third-order valence-corrected chi connectivity index (χ3v) is 3.73. The van der Waals surface area contributed by atoms with Gasteiger partial charge in [0.2, 0.25) is 0 Å². The molecule has 114 valence electrons. The number of aromatic nitrogens is 3. The maximum absolute atomic E-state index is 4.15. The van der Waals surface area contributed by atoms with Crippen molar-refractivity contribution in [3.05, 3.63) is 47.5 Å². The highest BCUT2D eigenvalue weighted by atomic mass is 15.3. The largest absolute Gasteiger partial charge is 0.317 e. The van der Waals surface area contributed by atoms with Crippen LogP contribution < -0.4 is 5.32 Å². The Morgan fingerprint density at radius 1 is 1.14 bits per heavy atom. The summed E-state index contributed by atoms with van der Waals surface area (Å²) in [5, 5.41) is 11.6. The Kier molecular flexibility index (Phi) is 5.51. The number of aryl methyl sites for hydroxylation is 1. The summed E-state index contributed by atoms with van der Waals surface area (Å²) in [6.45, 7) is 10.4. The van der Waals surface area contributed by atoms with Gasteiger partial charge in [0.05, 0.1) is 6.54 Å². The van der Waals surface area contributed by atoms with Crippen molar-refractivity contribution in [2.45, 2.75) is 53.2 Å². The van der Waals surface area contributed by atoms with E-state index in [1.807, 2.05) is 0 Å². The minimum Gasteiger partial charge on any atom is -0.317 e. The summed E-state index contributed by atoms with van der Waals surface area (Å²) in [7, 11) is 0. The first kappa shape index (κ1) is 15.7. The molecular formula is C17H26N4. The molecule has 4 nitrogen and oxygen atoms in total. The van der Waals surface area contributed by atoms with Gasteiger partial charge in [-0.1, -0.05) is 38.1 Å². The van der Waals surface area contributed by atoms with E-state index < -0.39 is 0 Å². The van der Waals surface area contributed by atoms with E-state index in [1.54, 1.807) is 6.33 Å². The van der Waals surface area contributed by atoms with Crippen molar-refractivity contribution in [3.8, 4) is 0 Å². The molecule has 2 rings (SSSR count). The number of rotatable bonds is 7. The molecule has 1 aromatic carbocycles. The number of nitrogens with one attached hydrogen (secondary N) is 1. The molecule has 0 bridgehead atoms. The average Bonchev–Trinajstić information content (AvgIpc) is 2.92. The molecule has 0 saturated heterocycles. The Balaban J connectivity index is 1.92. The lowest BCUT2D eigenvalue weighted by atomic mass is 10.00. The van der Waals surface area contributed by atoms with Gasteiger partial charge in [-0.3, -0.25) is 0 Å². The summed E-state index contributed by atoms with van der Waals surface area (Å²) >= 11 is 0. The van der Waals surface area contributed by atoms with Crippen molar-refractivity contribution in [2.24, 2.45) is 5.92 Å². The first-order valence-corrected chi connectivity index (χ1v) is 7.79. The second-order valence-corrected chi connectivity index (χ2v) is 5.98. The Morgan fingerprint density at radius 3 is 2.48 bits per heavy atom. The topological polar surface area (TPSA) is 42.7 Å². The molecule has 0 saturated carbocycles. The van der Waals surface area contributed by atoms with Crippen molar-refractivity contribution in [1.29, 1.82) is 0 Å². The normalized spacial score (nSPS) is 12.8. The third kappa shape index (κ3) is 4.39. The molecule has 0 aliphatic rings. The van der Waals surface area contributed by atoms with E-state index in [-0.39, 0.29) is 0 Å². The Bertz CT molecular complexity index is 542. The minimum absolute atomic E-state index is 0.306. The molecule has 1 N–H and O–H groups in total. The van der Waals surface area contributed by atoms with E-state index in [4.69, 9.17) is 0 Å². The molecule has 21 heavy (non-hydrogen) atoms. The fourth-order valence-corrected chi connectivity index (χ4v) is 2.46. The third-order valence-electron chi connectivity index (χ3n) is 3.73. The summed E-state index contributed by atoms with van der Waals surface area (Å²) < 4.78 is 2.06. The van der Waals surface area contributed by atoms with Gasteiger partial charge in [-0.15, -0.1) is 10.2 Å². The van der Waals surface area contributed by atoms with E-state index in [0.717, 1.165) is 25.3 Å². The van der Waals surface area contributed by atoms with Gasteiger partial charge in [0.1, 0.15) is 12.2 Å². The van der Waals surface area contributed by atoms with E-state index >= 15 is 0 Å². The molecule has 0 amide bonds. The fourth-order valence-electron chi connectivity index (χ4n) is 2.46. The molecule has 2 aromatic rings. The summed E-state index contributed by atoms with van der Waals surface area (Å²) in [4.78, 5) is 0. The predicted octanol–water partition coefficient (Wildman–Crippen LogP) is 3.35. The molecule has 4 heteroatoms. The van der Waals surface area contributed by atoms with Crippen molar-refractivity contribution in [1.82, 2.24) is 20.1 Å². The van der Waals surface area contributed by atoms with Crippen LogP contribution >= 0.6 is 0 Å². The van der Waals surface area contributed by atoms with Crippen LogP contribution in [0.2, 0.25) is 0 Å². The lowest BCUT2D eigenvalue weighted by molar-refractivity contribution is 0.539. The van der Waals surface area contributed by atoms with Crippen LogP contribution in [0.1, 0.15) is 50.7 Å². The summed E-state index contributed by atoms with van der Waals surface area (Å²) in [5.74, 6) is 1.69. The molecule has 0 aliphatic carbocycles. The second kappa shape index (κ2) is 7.36. The fraction of sp³-hybridized carbons (Fsp3) is 0.529. The summed E-state index contributed by atoms with van der Waals surface area (Å²) in [6.07, 6.45) is 2.92. The van der Waals surface area contributed by atoms with Crippen molar-refractivity contribution in [2.75, 3.05) is 0 Å². The highest BCUT2D eigenvalue weighted by Gasteiger charge is 2.08. The first-order valence-electron chi connectivity index (χ1n) is 7.79. The van der Waals surface area contributed by atoms with Crippen LogP contribution in [0.5, 0.6) is 0 Å². The van der Waals surface area contributed by atoms with Crippen LogP contribution in [0.3, 0.4) is 0 Å². The lowest BCUT2D eigenvalue weighted by Crippen LogP contribution is -2.20. The van der Waals surface area contributed by atoms with E-state index in [9.17, 15) is 0 Å². The smallest absolute Gasteiger partial charge is 0.146 e. The summed E-state index contributed by atoms with van der Waals surface area (Å²) in [5.41, 5.74) is 2.72. The molecule has 0 fully saturated rings. The van der Waals surface area contributed by atoms with Gasteiger partial charge < -0.3 is 9.88 Å². The highest BCUT2D eigenvalue weighted by Crippen LogP contribution is 2.16. The van der Waals surface area contributed by atoms with Gasteiger partial charge in [0.15, 0.2) is 0 Å².